The molecule has 0 saturated carbocycles. The van der Waals surface area contributed by atoms with Crippen LogP contribution in [-0.2, 0) is 42.8 Å². The predicted octanol–water partition coefficient (Wildman–Crippen LogP) is 25.8. The van der Waals surface area contributed by atoms with E-state index in [-0.39, 0.29) is 25.3 Å². The maximum absolute atomic E-state index is 13.5. The van der Waals surface area contributed by atoms with Crippen molar-refractivity contribution in [2.75, 3.05) is 52.5 Å². The number of thiazole rings is 3. The van der Waals surface area contributed by atoms with Gasteiger partial charge in [-0.3, -0.25) is 0 Å². The normalized spacial score (nSPS) is 16.3. The van der Waals surface area contributed by atoms with Crippen LogP contribution in [0.1, 0.15) is 203 Å². The van der Waals surface area contributed by atoms with Gasteiger partial charge in [0.2, 0.25) is 0 Å². The van der Waals surface area contributed by atoms with E-state index in [0.717, 1.165) is 220 Å². The number of fused-ring (bicyclic) bond motifs is 6. The van der Waals surface area contributed by atoms with Crippen molar-refractivity contribution < 1.29 is 52.7 Å². The lowest BCUT2D eigenvalue weighted by molar-refractivity contribution is -0.167. The summed E-state index contributed by atoms with van der Waals surface area (Å²) in [5.74, 6) is 1.06. The second-order valence-corrected chi connectivity index (χ2v) is 42.9. The molecule has 3 saturated heterocycles. The first kappa shape index (κ1) is 96.5. The molecule has 6 atom stereocenters. The number of rotatable bonds is 20. The number of halogens is 3. The van der Waals surface area contributed by atoms with Crippen LogP contribution in [0, 0.1) is 41.5 Å². The highest BCUT2D eigenvalue weighted by atomic mass is 35.5. The van der Waals surface area contributed by atoms with Gasteiger partial charge < -0.3 is 62.8 Å². The molecule has 23 nitrogen and oxygen atoms in total. The third-order valence-electron chi connectivity index (χ3n) is 23.9. The van der Waals surface area contributed by atoms with Crippen LogP contribution in [-0.4, -0.2) is 152 Å². The van der Waals surface area contributed by atoms with Gasteiger partial charge in [0.25, 0.3) is 0 Å². The number of aliphatic carboxylic acids is 1. The number of nitrogens with one attached hydrogen (secondary N) is 2. The zero-order valence-corrected chi connectivity index (χ0v) is 84.2. The third kappa shape index (κ3) is 20.7. The molecule has 700 valence electrons. The summed E-state index contributed by atoms with van der Waals surface area (Å²) in [6.45, 7) is 44.2. The van der Waals surface area contributed by atoms with Crippen molar-refractivity contribution in [3.8, 4) is 65.1 Å². The van der Waals surface area contributed by atoms with Gasteiger partial charge in [-0.2, -0.15) is 0 Å². The Hall–Kier alpha value is -10.6. The van der Waals surface area contributed by atoms with E-state index in [0.29, 0.717) is 45.8 Å². The average molecular weight is 1920 g/mol. The highest BCUT2D eigenvalue weighted by Gasteiger charge is 2.40. The van der Waals surface area contributed by atoms with Crippen LogP contribution in [0.15, 0.2) is 146 Å². The lowest BCUT2D eigenvalue weighted by Crippen LogP contribution is -2.35. The monoisotopic (exact) mass is 1920 g/mol. The number of aromatic nitrogens is 9. The summed E-state index contributed by atoms with van der Waals surface area (Å²) >= 11 is 23.6. The van der Waals surface area contributed by atoms with Gasteiger partial charge in [0.1, 0.15) is 38.1 Å². The number of nitrogens with zero attached hydrogens (tertiary/aromatic N) is 10. The van der Waals surface area contributed by atoms with Gasteiger partial charge in [0, 0.05) is 103 Å². The van der Waals surface area contributed by atoms with E-state index in [1.807, 2.05) is 209 Å². The molecule has 3 fully saturated rings. The second-order valence-electron chi connectivity index (χ2n) is 38.6. The van der Waals surface area contributed by atoms with E-state index in [1.165, 1.54) is 0 Å². The van der Waals surface area contributed by atoms with Gasteiger partial charge in [-0.1, -0.05) is 71.2 Å². The van der Waals surface area contributed by atoms with Crippen LogP contribution >= 0.6 is 68.8 Å². The lowest BCUT2D eigenvalue weighted by atomic mass is 9.91. The Balaban J connectivity index is 0.000000147. The molecule has 6 aromatic heterocycles. The zero-order chi connectivity index (χ0) is 95.6. The number of hydrogen-bond acceptors (Lipinski definition) is 21. The molecule has 3 aliphatic heterocycles. The van der Waals surface area contributed by atoms with Crippen molar-refractivity contribution in [2.45, 2.75) is 217 Å². The van der Waals surface area contributed by atoms with Crippen LogP contribution in [0.2, 0.25) is 15.1 Å². The number of benzene rings is 9. The van der Waals surface area contributed by atoms with Gasteiger partial charge >= 0.3 is 24.0 Å². The Morgan fingerprint density at radius 3 is 1.02 bits per heavy atom. The van der Waals surface area contributed by atoms with Gasteiger partial charge in [-0.15, -0.1) is 34.0 Å². The number of carboxylic acid groups (broad SMARTS) is 1. The van der Waals surface area contributed by atoms with E-state index in [9.17, 15) is 24.3 Å². The van der Waals surface area contributed by atoms with E-state index in [1.54, 1.807) is 45.8 Å². The molecular formula is C105H115Cl3N12O11S3. The van der Waals surface area contributed by atoms with Gasteiger partial charge in [0.05, 0.1) is 99.8 Å². The van der Waals surface area contributed by atoms with Crippen LogP contribution in [0.3, 0.4) is 0 Å². The zero-order valence-electron chi connectivity index (χ0n) is 79.5. The number of likely N-dealkylation sites (tertiary alicyclic amines) is 1. The van der Waals surface area contributed by atoms with E-state index >= 15 is 0 Å². The summed E-state index contributed by atoms with van der Waals surface area (Å²) < 4.78 is 45.5. The highest BCUT2D eigenvalue weighted by Crippen LogP contribution is 2.51. The predicted molar refractivity (Wildman–Crippen MR) is 541 cm³/mol. The van der Waals surface area contributed by atoms with Gasteiger partial charge in [0.15, 0.2) is 18.3 Å². The van der Waals surface area contributed by atoms with E-state index in [4.69, 9.17) is 93.1 Å². The number of imidazole rings is 3. The Labute approximate surface area is 808 Å². The molecule has 1 amide bonds. The molecule has 15 aromatic rings. The molecule has 0 radical (unpaired) electrons. The van der Waals surface area contributed by atoms with Crippen molar-refractivity contribution in [3.05, 3.63) is 212 Å². The number of aryl methyl sites for hydroxylation is 6. The first-order valence-corrected chi connectivity index (χ1v) is 49.2. The summed E-state index contributed by atoms with van der Waals surface area (Å²) in [5.41, 5.74) is 19.3. The van der Waals surface area contributed by atoms with Crippen LogP contribution < -0.4 is 10.6 Å². The molecule has 18 rings (SSSR count). The minimum atomic E-state index is -1.15. The number of carbonyl (C=O) groups is 4. The molecule has 134 heavy (non-hydrogen) atoms. The molecule has 0 bridgehead atoms. The molecule has 3 N–H and O–H groups in total. The number of ether oxygens (including phenoxy) is 6. The standard InChI is InChI=1S/C39H45ClN4O5S.C34H37ClN4O3S.C32H33ClN4O3S/c1-10-47-36(45)33(48-38(4,5)6)31-22(2)19-29-34(32(31)24-11-14-26(40)15-12-24)50-35(42-29)25-13-16-28-30(20-25)44(23(3)41-28)27-17-18-43(21-27)37(46)49-39(7,8)9;1-7-41-33(40)30(42-34(4,5)6)28-19(2)16-26-31(29(28)21-8-11-23(35)12-9-21)43-32(38-26)22-10-13-25-27(17-22)39(20(3)37-25)24-14-15-36-18-24;1-17-14-24-29(27(19-6-9-21(33)10-7-19)26(17)28(31(38)39)40-32(3,4)5)41-30(36-24)20-8-11-23-25(15-20)37(18(2)35-23)22-12-13-34-16-22/h11-16,19-20,27,33H,10,17-18,21H2,1-9H3;8-13,16-17,24,30,36H,7,14-15,18H2,1-6H3;6-11,14-15,22,28,34H,12-13,16H2,1-5H3,(H,38,39)/t27-,33-;24-,30-;22-,28-/m000/s1. The summed E-state index contributed by atoms with van der Waals surface area (Å²) in [6.07, 6.45) is -0.327. The van der Waals surface area contributed by atoms with Gasteiger partial charge in [-0.05, 0) is 313 Å². The molecule has 29 heteroatoms. The number of amides is 1. The fourth-order valence-corrected chi connectivity index (χ4v) is 22.2. The maximum atomic E-state index is 13.5. The minimum Gasteiger partial charge on any atom is -0.479 e. The number of esters is 2. The largest absolute Gasteiger partial charge is 0.479 e. The minimum absolute atomic E-state index is 0.0717. The Morgan fingerprint density at radius 1 is 0.410 bits per heavy atom. The Morgan fingerprint density at radius 2 is 0.724 bits per heavy atom. The summed E-state index contributed by atoms with van der Waals surface area (Å²) in [7, 11) is 0. The molecule has 9 heterocycles. The first-order chi connectivity index (χ1) is 63.6. The Bertz CT molecular complexity index is 6980. The number of hydrogen-bond donors (Lipinski definition) is 3. The lowest BCUT2D eigenvalue weighted by Gasteiger charge is -2.29. The highest BCUT2D eigenvalue weighted by molar-refractivity contribution is 7.23. The fraction of sp³-hybridized carbons (Fsp3) is 0.390. The summed E-state index contributed by atoms with van der Waals surface area (Å²) in [5, 5.41) is 21.8. The van der Waals surface area contributed by atoms with Crippen molar-refractivity contribution in [1.29, 1.82) is 0 Å². The van der Waals surface area contributed by atoms with E-state index in [2.05, 4.69) is 92.8 Å². The fourth-order valence-electron chi connectivity index (χ4n) is 18.5. The third-order valence-corrected chi connectivity index (χ3v) is 28.1. The van der Waals surface area contributed by atoms with Crippen LogP contribution in [0.4, 0.5) is 4.79 Å². The van der Waals surface area contributed by atoms with Crippen molar-refractivity contribution in [2.24, 2.45) is 0 Å². The summed E-state index contributed by atoms with van der Waals surface area (Å²) in [4.78, 5) is 84.2. The molecular weight excluding hydrogens is 1810 g/mol. The number of carbonyl (C=O) groups excluding carboxylic acids is 3. The van der Waals surface area contributed by atoms with Crippen LogP contribution in [0.5, 0.6) is 0 Å². The first-order valence-electron chi connectivity index (χ1n) is 45.6. The molecule has 0 spiro atoms. The number of carboxylic acids is 1. The van der Waals surface area contributed by atoms with Gasteiger partial charge in [-0.25, -0.2) is 49.1 Å². The van der Waals surface area contributed by atoms with Crippen LogP contribution in [0.25, 0.3) is 129 Å². The molecule has 9 aromatic carbocycles. The quantitative estimate of drug-likeness (QED) is 0.0473. The van der Waals surface area contributed by atoms with Crippen molar-refractivity contribution in [1.82, 2.24) is 59.1 Å². The smallest absolute Gasteiger partial charge is 0.410 e. The second kappa shape index (κ2) is 38.9. The maximum Gasteiger partial charge on any atom is 0.410 e. The molecule has 0 aliphatic carbocycles. The average Bonchev–Trinajstić information content (AvgIpc) is 1.47. The van der Waals surface area contributed by atoms with Crippen molar-refractivity contribution >= 4 is 157 Å². The molecule has 3 aliphatic rings. The summed E-state index contributed by atoms with van der Waals surface area (Å²) in [6, 6.07) is 48.7. The van der Waals surface area contributed by atoms with E-state index < -0.39 is 58.6 Å². The SMILES string of the molecule is CCOC(=O)[C@@H](OC(C)(C)C)c1c(C)cc2nc(-c3ccc4nc(C)n([C@H]5CCN(C(=O)OC(C)(C)C)C5)c4c3)sc2c1-c1ccc(Cl)cc1.CCOC(=O)[C@@H](OC(C)(C)C)c1c(C)cc2nc(-c3ccc4nc(C)n([C@H]5CCNC5)c4c3)sc2c1-c1ccc(Cl)cc1.Cc1cc2nc(-c3ccc4nc(C)n([C@H]5CCNC5)c4c3)sc2c(-c2ccc(Cl)cc2)c1[C@H](OC(C)(C)C)C(=O)O. The molecule has 0 unspecified atom stereocenters. The van der Waals surface area contributed by atoms with Crippen molar-refractivity contribution in [3.63, 3.8) is 0 Å². The Kier molecular flexibility index (Phi) is 28.0. The topological polar surface area (TPSA) is 263 Å².